The maximum absolute atomic E-state index is 11.9. The Hall–Kier alpha value is -1.36. The molecule has 2 aromatic rings. The van der Waals surface area contributed by atoms with Crippen molar-refractivity contribution in [2.24, 2.45) is 0 Å². The summed E-state index contributed by atoms with van der Waals surface area (Å²) in [7, 11) is 0. The molecular weight excluding hydrogens is 327 g/mol. The minimum Gasteiger partial charge on any atom is -0.308 e. The number of urea groups is 1. The van der Waals surface area contributed by atoms with Crippen molar-refractivity contribution >= 4 is 52.4 Å². The number of amides is 2. The molecule has 0 aliphatic rings. The lowest BCUT2D eigenvalue weighted by atomic mass is 10.3. The molecule has 0 radical (unpaired) electrons. The number of nitrogens with one attached hydrogen (secondary N) is 2. The molecular formula is C15H14Cl2N2OS. The summed E-state index contributed by atoms with van der Waals surface area (Å²) in [5.74, 6) is 0.946. The fourth-order valence-electron chi connectivity index (χ4n) is 1.71. The number of rotatable bonds is 4. The molecule has 0 saturated carbocycles. The van der Waals surface area contributed by atoms with Gasteiger partial charge in [-0.15, -0.1) is 11.8 Å². The van der Waals surface area contributed by atoms with Gasteiger partial charge in [-0.05, 0) is 42.2 Å². The molecule has 0 heterocycles. The van der Waals surface area contributed by atoms with E-state index in [9.17, 15) is 4.79 Å². The highest BCUT2D eigenvalue weighted by atomic mass is 35.5. The van der Waals surface area contributed by atoms with E-state index in [0.29, 0.717) is 21.4 Å². The molecule has 0 bridgehead atoms. The molecule has 0 aromatic heterocycles. The Bertz CT molecular complexity index is 649. The van der Waals surface area contributed by atoms with Gasteiger partial charge in [0.2, 0.25) is 0 Å². The third-order valence-electron chi connectivity index (χ3n) is 2.57. The van der Waals surface area contributed by atoms with E-state index >= 15 is 0 Å². The first-order chi connectivity index (χ1) is 10.1. The Morgan fingerprint density at radius 3 is 2.43 bits per heavy atom. The van der Waals surface area contributed by atoms with Crippen LogP contribution in [0.2, 0.25) is 10.0 Å². The van der Waals surface area contributed by atoms with Crippen molar-refractivity contribution in [2.75, 3.05) is 16.4 Å². The zero-order chi connectivity index (χ0) is 15.2. The van der Waals surface area contributed by atoms with Crippen molar-refractivity contribution in [3.63, 3.8) is 0 Å². The van der Waals surface area contributed by atoms with Crippen LogP contribution in [0.25, 0.3) is 0 Å². The predicted molar refractivity (Wildman–Crippen MR) is 91.9 cm³/mol. The van der Waals surface area contributed by atoms with Gasteiger partial charge < -0.3 is 10.6 Å². The molecule has 0 fully saturated rings. The maximum Gasteiger partial charge on any atom is 0.323 e. The molecule has 0 spiro atoms. The Morgan fingerprint density at radius 1 is 1.10 bits per heavy atom. The van der Waals surface area contributed by atoms with Gasteiger partial charge in [-0.3, -0.25) is 0 Å². The van der Waals surface area contributed by atoms with Gasteiger partial charge in [0.1, 0.15) is 0 Å². The van der Waals surface area contributed by atoms with Crippen molar-refractivity contribution in [3.8, 4) is 0 Å². The summed E-state index contributed by atoms with van der Waals surface area (Å²) in [5, 5.41) is 6.63. The highest BCUT2D eigenvalue weighted by molar-refractivity contribution is 7.99. The van der Waals surface area contributed by atoms with Crippen molar-refractivity contribution in [1.82, 2.24) is 0 Å². The molecule has 2 N–H and O–H groups in total. The number of hydrogen-bond donors (Lipinski definition) is 2. The zero-order valence-electron chi connectivity index (χ0n) is 11.3. The first-order valence-corrected chi connectivity index (χ1v) is 8.08. The summed E-state index contributed by atoms with van der Waals surface area (Å²) in [6, 6.07) is 12.1. The van der Waals surface area contributed by atoms with Crippen molar-refractivity contribution in [1.29, 1.82) is 0 Å². The van der Waals surface area contributed by atoms with E-state index in [1.807, 2.05) is 12.1 Å². The normalized spacial score (nSPS) is 10.2. The SMILES string of the molecule is CCSc1ccc(NC(=O)Nc2cccc(Cl)c2)cc1Cl. The molecule has 0 aliphatic heterocycles. The van der Waals surface area contributed by atoms with Gasteiger partial charge in [0.05, 0.1) is 5.02 Å². The van der Waals surface area contributed by atoms with E-state index in [4.69, 9.17) is 23.2 Å². The van der Waals surface area contributed by atoms with Gasteiger partial charge in [0.25, 0.3) is 0 Å². The molecule has 21 heavy (non-hydrogen) atoms. The molecule has 3 nitrogen and oxygen atoms in total. The standard InChI is InChI=1S/C15H14Cl2N2OS/c1-2-21-14-7-6-12(9-13(14)17)19-15(20)18-11-5-3-4-10(16)8-11/h3-9H,2H2,1H3,(H2,18,19,20). The fourth-order valence-corrected chi connectivity index (χ4v) is 2.92. The first kappa shape index (κ1) is 16.0. The molecule has 6 heteroatoms. The summed E-state index contributed by atoms with van der Waals surface area (Å²) in [6.45, 7) is 2.06. The second kappa shape index (κ2) is 7.59. The number of benzene rings is 2. The second-order valence-electron chi connectivity index (χ2n) is 4.17. The Morgan fingerprint density at radius 2 is 1.81 bits per heavy atom. The molecule has 0 aliphatic carbocycles. The van der Waals surface area contributed by atoms with Crippen LogP contribution in [0.4, 0.5) is 16.2 Å². The minimum atomic E-state index is -0.343. The summed E-state index contributed by atoms with van der Waals surface area (Å²) in [5.41, 5.74) is 1.27. The topological polar surface area (TPSA) is 41.1 Å². The van der Waals surface area contributed by atoms with Gasteiger partial charge in [0, 0.05) is 21.3 Å². The van der Waals surface area contributed by atoms with E-state index in [1.54, 1.807) is 42.1 Å². The van der Waals surface area contributed by atoms with Crippen LogP contribution in [-0.2, 0) is 0 Å². The minimum absolute atomic E-state index is 0.343. The summed E-state index contributed by atoms with van der Waals surface area (Å²) in [4.78, 5) is 12.9. The zero-order valence-corrected chi connectivity index (χ0v) is 13.6. The van der Waals surface area contributed by atoms with Gasteiger partial charge in [-0.25, -0.2) is 4.79 Å². The van der Waals surface area contributed by atoms with Gasteiger partial charge >= 0.3 is 6.03 Å². The molecule has 0 unspecified atom stereocenters. The lowest BCUT2D eigenvalue weighted by Crippen LogP contribution is -2.19. The number of hydrogen-bond acceptors (Lipinski definition) is 2. The van der Waals surface area contributed by atoms with Crippen LogP contribution >= 0.6 is 35.0 Å². The summed E-state index contributed by atoms with van der Waals surface area (Å²) < 4.78 is 0. The fraction of sp³-hybridized carbons (Fsp3) is 0.133. The monoisotopic (exact) mass is 340 g/mol. The highest BCUT2D eigenvalue weighted by Gasteiger charge is 2.06. The first-order valence-electron chi connectivity index (χ1n) is 6.34. The second-order valence-corrected chi connectivity index (χ2v) is 6.32. The summed E-state index contributed by atoms with van der Waals surface area (Å²) >= 11 is 13.7. The van der Waals surface area contributed by atoms with Crippen LogP contribution in [0.5, 0.6) is 0 Å². The van der Waals surface area contributed by atoms with Crippen LogP contribution in [-0.4, -0.2) is 11.8 Å². The molecule has 110 valence electrons. The van der Waals surface area contributed by atoms with Crippen LogP contribution in [0.15, 0.2) is 47.4 Å². The van der Waals surface area contributed by atoms with Crippen LogP contribution < -0.4 is 10.6 Å². The Labute approximate surface area is 138 Å². The van der Waals surface area contributed by atoms with Gasteiger partial charge in [0.15, 0.2) is 0 Å². The molecule has 2 aromatic carbocycles. The molecule has 2 rings (SSSR count). The van der Waals surface area contributed by atoms with E-state index in [-0.39, 0.29) is 6.03 Å². The quantitative estimate of drug-likeness (QED) is 0.695. The van der Waals surface area contributed by atoms with E-state index < -0.39 is 0 Å². The average Bonchev–Trinajstić information content (AvgIpc) is 2.42. The lowest BCUT2D eigenvalue weighted by Gasteiger charge is -2.09. The molecule has 0 saturated heterocycles. The third kappa shape index (κ3) is 4.84. The van der Waals surface area contributed by atoms with E-state index in [1.165, 1.54) is 0 Å². The third-order valence-corrected chi connectivity index (χ3v) is 4.19. The predicted octanol–water partition coefficient (Wildman–Crippen LogP) is 5.75. The van der Waals surface area contributed by atoms with Crippen LogP contribution in [0.1, 0.15) is 6.92 Å². The van der Waals surface area contributed by atoms with Crippen molar-refractivity contribution < 1.29 is 4.79 Å². The maximum atomic E-state index is 11.9. The summed E-state index contributed by atoms with van der Waals surface area (Å²) in [6.07, 6.45) is 0. The van der Waals surface area contributed by atoms with Gasteiger partial charge in [-0.1, -0.05) is 36.2 Å². The number of halogens is 2. The van der Waals surface area contributed by atoms with Crippen LogP contribution in [0, 0.1) is 0 Å². The smallest absolute Gasteiger partial charge is 0.308 e. The van der Waals surface area contributed by atoms with E-state index in [0.717, 1.165) is 10.6 Å². The Kier molecular flexibility index (Phi) is 5.79. The Balaban J connectivity index is 2.01. The lowest BCUT2D eigenvalue weighted by molar-refractivity contribution is 0.262. The number of anilines is 2. The van der Waals surface area contributed by atoms with Crippen molar-refractivity contribution in [3.05, 3.63) is 52.5 Å². The number of carbonyl (C=O) groups is 1. The average molecular weight is 341 g/mol. The highest BCUT2D eigenvalue weighted by Crippen LogP contribution is 2.29. The van der Waals surface area contributed by atoms with Crippen molar-refractivity contribution in [2.45, 2.75) is 11.8 Å². The molecule has 2 amide bonds. The van der Waals surface area contributed by atoms with Crippen LogP contribution in [0.3, 0.4) is 0 Å². The number of thioether (sulfide) groups is 1. The number of carbonyl (C=O) groups excluding carboxylic acids is 1. The largest absolute Gasteiger partial charge is 0.323 e. The van der Waals surface area contributed by atoms with E-state index in [2.05, 4.69) is 17.6 Å². The molecule has 0 atom stereocenters. The van der Waals surface area contributed by atoms with Gasteiger partial charge in [-0.2, -0.15) is 0 Å².